The lowest BCUT2D eigenvalue weighted by atomic mass is 9.95. The van der Waals surface area contributed by atoms with Gasteiger partial charge in [0.05, 0.1) is 30.3 Å². The van der Waals surface area contributed by atoms with Crippen LogP contribution in [-0.4, -0.2) is 39.6 Å². The van der Waals surface area contributed by atoms with Crippen LogP contribution in [0.25, 0.3) is 10.9 Å². The van der Waals surface area contributed by atoms with Crippen molar-refractivity contribution in [2.75, 3.05) is 19.0 Å². The van der Waals surface area contributed by atoms with Crippen LogP contribution >= 0.6 is 0 Å². The highest BCUT2D eigenvalue weighted by atomic mass is 16.5. The van der Waals surface area contributed by atoms with Gasteiger partial charge in [-0.2, -0.15) is 5.10 Å². The Labute approximate surface area is 171 Å². The number of aliphatic hydroxyl groups excluding tert-OH is 1. The standard InChI is InChI=1S/C23H30N4O2/c1-29-19-11-9-17(10-12-19)16-27-21-13-14-24-23(25-18-6-3-2-4-7-18)22(21)20(26-27)8-5-15-28/h9-14,18,28H,2-8,15-16H2,1H3,(H,24,25). The molecule has 2 aromatic heterocycles. The number of pyridine rings is 1. The van der Waals surface area contributed by atoms with Gasteiger partial charge in [0.2, 0.25) is 0 Å². The Kier molecular flexibility index (Phi) is 6.30. The molecule has 4 rings (SSSR count). The summed E-state index contributed by atoms with van der Waals surface area (Å²) >= 11 is 0. The molecule has 6 nitrogen and oxygen atoms in total. The molecule has 1 aliphatic rings. The number of nitrogens with one attached hydrogen (secondary N) is 1. The van der Waals surface area contributed by atoms with Gasteiger partial charge in [-0.3, -0.25) is 4.68 Å². The van der Waals surface area contributed by atoms with E-state index >= 15 is 0 Å². The van der Waals surface area contributed by atoms with E-state index in [1.54, 1.807) is 7.11 Å². The molecule has 0 bridgehead atoms. The topological polar surface area (TPSA) is 72.2 Å². The molecule has 1 fully saturated rings. The minimum Gasteiger partial charge on any atom is -0.497 e. The maximum atomic E-state index is 9.34. The number of benzene rings is 1. The summed E-state index contributed by atoms with van der Waals surface area (Å²) in [6.07, 6.45) is 9.60. The Balaban J connectivity index is 1.67. The van der Waals surface area contributed by atoms with Crippen molar-refractivity contribution in [2.45, 2.75) is 57.5 Å². The lowest BCUT2D eigenvalue weighted by molar-refractivity contribution is 0.288. The summed E-state index contributed by atoms with van der Waals surface area (Å²) in [6, 6.07) is 10.6. The molecular formula is C23H30N4O2. The Hall–Kier alpha value is -2.60. The zero-order chi connectivity index (χ0) is 20.1. The van der Waals surface area contributed by atoms with Crippen LogP contribution in [0.1, 0.15) is 49.8 Å². The zero-order valence-corrected chi connectivity index (χ0v) is 17.1. The Morgan fingerprint density at radius 2 is 1.93 bits per heavy atom. The summed E-state index contributed by atoms with van der Waals surface area (Å²) in [6.45, 7) is 0.852. The maximum absolute atomic E-state index is 9.34. The number of fused-ring (bicyclic) bond motifs is 1. The molecule has 0 spiro atoms. The third kappa shape index (κ3) is 4.53. The lowest BCUT2D eigenvalue weighted by Crippen LogP contribution is -2.23. The third-order valence-corrected chi connectivity index (χ3v) is 5.75. The molecular weight excluding hydrogens is 364 g/mol. The smallest absolute Gasteiger partial charge is 0.137 e. The number of aromatic nitrogens is 3. The molecule has 1 saturated carbocycles. The van der Waals surface area contributed by atoms with Gasteiger partial charge in [0.1, 0.15) is 11.6 Å². The molecule has 29 heavy (non-hydrogen) atoms. The monoisotopic (exact) mass is 394 g/mol. The van der Waals surface area contributed by atoms with E-state index in [-0.39, 0.29) is 6.61 Å². The van der Waals surface area contributed by atoms with E-state index in [0.29, 0.717) is 19.0 Å². The van der Waals surface area contributed by atoms with E-state index in [1.807, 2.05) is 24.4 Å². The number of aryl methyl sites for hydroxylation is 1. The minimum atomic E-state index is 0.165. The van der Waals surface area contributed by atoms with Crippen LogP contribution in [0.4, 0.5) is 5.82 Å². The Morgan fingerprint density at radius 1 is 1.14 bits per heavy atom. The van der Waals surface area contributed by atoms with E-state index < -0.39 is 0 Å². The van der Waals surface area contributed by atoms with Gasteiger partial charge in [0, 0.05) is 18.8 Å². The van der Waals surface area contributed by atoms with Crippen molar-refractivity contribution in [3.8, 4) is 5.75 Å². The molecule has 0 aliphatic heterocycles. The fraction of sp³-hybridized carbons (Fsp3) is 0.478. The summed E-state index contributed by atoms with van der Waals surface area (Å²) in [5.41, 5.74) is 3.26. The highest BCUT2D eigenvalue weighted by Gasteiger charge is 2.19. The highest BCUT2D eigenvalue weighted by Crippen LogP contribution is 2.29. The molecule has 0 atom stereocenters. The van der Waals surface area contributed by atoms with Crippen molar-refractivity contribution < 1.29 is 9.84 Å². The number of methoxy groups -OCH3 is 1. The van der Waals surface area contributed by atoms with Crippen molar-refractivity contribution >= 4 is 16.7 Å². The fourth-order valence-electron chi connectivity index (χ4n) is 4.20. The second-order valence-electron chi connectivity index (χ2n) is 7.81. The number of nitrogens with zero attached hydrogens (tertiary/aromatic N) is 3. The lowest BCUT2D eigenvalue weighted by Gasteiger charge is -2.23. The highest BCUT2D eigenvalue weighted by molar-refractivity contribution is 5.92. The van der Waals surface area contributed by atoms with Crippen LogP contribution in [0.2, 0.25) is 0 Å². The van der Waals surface area contributed by atoms with E-state index in [0.717, 1.165) is 34.6 Å². The predicted octanol–water partition coefficient (Wildman–Crippen LogP) is 4.16. The summed E-state index contributed by atoms with van der Waals surface area (Å²) in [5.74, 6) is 1.79. The molecule has 3 aromatic rings. The second kappa shape index (κ2) is 9.27. The first-order valence-corrected chi connectivity index (χ1v) is 10.6. The summed E-state index contributed by atoms with van der Waals surface area (Å²) in [7, 11) is 1.68. The molecule has 0 radical (unpaired) electrons. The SMILES string of the molecule is COc1ccc(Cn2nc(CCCO)c3c(NC4CCCCC4)nccc32)cc1. The number of hydrogen-bond donors (Lipinski definition) is 2. The van der Waals surface area contributed by atoms with Crippen molar-refractivity contribution in [1.82, 2.24) is 14.8 Å². The summed E-state index contributed by atoms with van der Waals surface area (Å²) in [4.78, 5) is 4.67. The number of hydrogen-bond acceptors (Lipinski definition) is 5. The van der Waals surface area contributed by atoms with Crippen LogP contribution < -0.4 is 10.1 Å². The van der Waals surface area contributed by atoms with E-state index in [1.165, 1.54) is 37.7 Å². The first-order chi connectivity index (χ1) is 14.3. The number of rotatable bonds is 8. The van der Waals surface area contributed by atoms with Gasteiger partial charge in [0.25, 0.3) is 0 Å². The van der Waals surface area contributed by atoms with Crippen molar-refractivity contribution in [2.24, 2.45) is 0 Å². The van der Waals surface area contributed by atoms with Crippen LogP contribution in [0, 0.1) is 0 Å². The largest absolute Gasteiger partial charge is 0.497 e. The maximum Gasteiger partial charge on any atom is 0.137 e. The third-order valence-electron chi connectivity index (χ3n) is 5.75. The van der Waals surface area contributed by atoms with Gasteiger partial charge in [-0.25, -0.2) is 4.98 Å². The quantitative estimate of drug-likeness (QED) is 0.600. The van der Waals surface area contributed by atoms with Gasteiger partial charge in [-0.1, -0.05) is 31.4 Å². The molecule has 0 unspecified atom stereocenters. The first-order valence-electron chi connectivity index (χ1n) is 10.6. The fourth-order valence-corrected chi connectivity index (χ4v) is 4.20. The normalized spacial score (nSPS) is 15.0. The van der Waals surface area contributed by atoms with E-state index in [4.69, 9.17) is 9.84 Å². The zero-order valence-electron chi connectivity index (χ0n) is 17.1. The molecule has 1 aromatic carbocycles. The van der Waals surface area contributed by atoms with Crippen LogP contribution in [0.5, 0.6) is 5.75 Å². The van der Waals surface area contributed by atoms with Crippen molar-refractivity contribution in [3.63, 3.8) is 0 Å². The van der Waals surface area contributed by atoms with Crippen LogP contribution in [-0.2, 0) is 13.0 Å². The van der Waals surface area contributed by atoms with Crippen LogP contribution in [0.3, 0.4) is 0 Å². The summed E-state index contributed by atoms with van der Waals surface area (Å²) < 4.78 is 7.32. The van der Waals surface area contributed by atoms with E-state index in [2.05, 4.69) is 27.1 Å². The minimum absolute atomic E-state index is 0.165. The first kappa shape index (κ1) is 19.7. The molecule has 154 valence electrons. The van der Waals surface area contributed by atoms with Gasteiger partial charge < -0.3 is 15.2 Å². The average molecular weight is 395 g/mol. The molecule has 6 heteroatoms. The molecule has 0 saturated heterocycles. The number of ether oxygens (including phenoxy) is 1. The average Bonchev–Trinajstić information content (AvgIpc) is 3.12. The number of anilines is 1. The molecule has 1 aliphatic carbocycles. The predicted molar refractivity (Wildman–Crippen MR) is 116 cm³/mol. The number of aliphatic hydroxyl groups is 1. The Bertz CT molecular complexity index is 930. The van der Waals surface area contributed by atoms with Gasteiger partial charge in [-0.15, -0.1) is 0 Å². The van der Waals surface area contributed by atoms with Crippen LogP contribution in [0.15, 0.2) is 36.5 Å². The Morgan fingerprint density at radius 3 is 2.66 bits per heavy atom. The second-order valence-corrected chi connectivity index (χ2v) is 7.81. The van der Waals surface area contributed by atoms with Crippen molar-refractivity contribution in [1.29, 1.82) is 0 Å². The molecule has 2 N–H and O–H groups in total. The van der Waals surface area contributed by atoms with Gasteiger partial charge in [0.15, 0.2) is 0 Å². The molecule has 2 heterocycles. The van der Waals surface area contributed by atoms with Crippen molar-refractivity contribution in [3.05, 3.63) is 47.8 Å². The van der Waals surface area contributed by atoms with Gasteiger partial charge >= 0.3 is 0 Å². The van der Waals surface area contributed by atoms with E-state index in [9.17, 15) is 5.11 Å². The summed E-state index contributed by atoms with van der Waals surface area (Å²) in [5, 5.41) is 19.0. The molecule has 0 amide bonds. The van der Waals surface area contributed by atoms with Gasteiger partial charge in [-0.05, 0) is 49.4 Å².